The highest BCUT2D eigenvalue weighted by Gasteiger charge is 2.29. The van der Waals surface area contributed by atoms with Crippen molar-refractivity contribution in [1.29, 1.82) is 0 Å². The molecule has 0 saturated carbocycles. The van der Waals surface area contributed by atoms with Crippen molar-refractivity contribution in [2.75, 3.05) is 6.54 Å². The zero-order valence-electron chi connectivity index (χ0n) is 14.3. The Bertz CT molecular complexity index is 893. The summed E-state index contributed by atoms with van der Waals surface area (Å²) in [6.45, 7) is 4.16. The number of aryl methyl sites for hydroxylation is 2. The highest BCUT2D eigenvalue weighted by atomic mass is 16.3. The molecule has 0 bridgehead atoms. The van der Waals surface area contributed by atoms with Gasteiger partial charge < -0.3 is 9.32 Å². The first-order valence-corrected chi connectivity index (χ1v) is 8.43. The van der Waals surface area contributed by atoms with Crippen molar-refractivity contribution >= 4 is 5.91 Å². The molecule has 130 valence electrons. The number of rotatable bonds is 4. The highest BCUT2D eigenvalue weighted by molar-refractivity contribution is 5.92. The van der Waals surface area contributed by atoms with Crippen LogP contribution in [0.5, 0.6) is 0 Å². The molecule has 0 aliphatic carbocycles. The summed E-state index contributed by atoms with van der Waals surface area (Å²) in [5, 5.41) is 8.96. The molecular formula is C17H20N6O2. The van der Waals surface area contributed by atoms with E-state index in [-0.39, 0.29) is 5.91 Å². The Balaban J connectivity index is 1.68. The van der Waals surface area contributed by atoms with E-state index in [9.17, 15) is 4.79 Å². The van der Waals surface area contributed by atoms with Crippen LogP contribution in [0.1, 0.15) is 35.1 Å². The molecular weight excluding hydrogens is 320 g/mol. The Labute approximate surface area is 145 Å². The number of oxazole rings is 1. The van der Waals surface area contributed by atoms with Crippen molar-refractivity contribution in [3.05, 3.63) is 41.9 Å². The average Bonchev–Trinajstić information content (AvgIpc) is 3.34. The Hall–Kier alpha value is -2.90. The molecule has 0 aromatic carbocycles. The van der Waals surface area contributed by atoms with E-state index in [2.05, 4.69) is 17.0 Å². The van der Waals surface area contributed by atoms with E-state index in [1.54, 1.807) is 23.2 Å². The van der Waals surface area contributed by atoms with Crippen LogP contribution < -0.4 is 0 Å². The van der Waals surface area contributed by atoms with Gasteiger partial charge in [0.25, 0.3) is 5.91 Å². The quantitative estimate of drug-likeness (QED) is 0.724. The molecule has 8 nitrogen and oxygen atoms in total. The minimum Gasteiger partial charge on any atom is -0.451 e. The summed E-state index contributed by atoms with van der Waals surface area (Å²) < 4.78 is 8.81. The molecule has 1 aliphatic heterocycles. The summed E-state index contributed by atoms with van der Waals surface area (Å²) in [5.74, 6) is -0.0550. The standard InChI is InChI=1S/C17H20N6O2/c1-3-6-23-15-5-8-22(17(24)13-4-7-21(2)19-13)9-12(15)16(20-23)14-10-25-11-18-14/h4,7,10-11H,3,5-6,8-9H2,1-2H3. The third-order valence-corrected chi connectivity index (χ3v) is 4.46. The number of nitrogens with zero attached hydrogens (tertiary/aromatic N) is 6. The molecule has 0 atom stereocenters. The molecule has 0 unspecified atom stereocenters. The maximum Gasteiger partial charge on any atom is 0.274 e. The van der Waals surface area contributed by atoms with Crippen molar-refractivity contribution in [3.8, 4) is 11.4 Å². The molecule has 3 aromatic rings. The second kappa shape index (κ2) is 6.19. The number of carbonyl (C=O) groups excluding carboxylic acids is 1. The third-order valence-electron chi connectivity index (χ3n) is 4.46. The van der Waals surface area contributed by atoms with Crippen molar-refractivity contribution < 1.29 is 9.21 Å². The molecule has 0 saturated heterocycles. The molecule has 4 rings (SSSR count). The molecule has 25 heavy (non-hydrogen) atoms. The first-order valence-electron chi connectivity index (χ1n) is 8.43. The Morgan fingerprint density at radius 3 is 2.92 bits per heavy atom. The van der Waals surface area contributed by atoms with E-state index in [1.807, 2.05) is 16.6 Å². The molecule has 0 N–H and O–H groups in total. The fourth-order valence-electron chi connectivity index (χ4n) is 3.29. The van der Waals surface area contributed by atoms with E-state index < -0.39 is 0 Å². The summed E-state index contributed by atoms with van der Waals surface area (Å²) in [6.07, 6.45) is 6.56. The largest absolute Gasteiger partial charge is 0.451 e. The molecule has 0 spiro atoms. The Morgan fingerprint density at radius 1 is 1.36 bits per heavy atom. The van der Waals surface area contributed by atoms with E-state index in [0.29, 0.717) is 24.5 Å². The first kappa shape index (κ1) is 15.6. The van der Waals surface area contributed by atoms with Gasteiger partial charge in [0.1, 0.15) is 23.3 Å². The van der Waals surface area contributed by atoms with Crippen LogP contribution in [0.2, 0.25) is 0 Å². The lowest BCUT2D eigenvalue weighted by molar-refractivity contribution is 0.0726. The lowest BCUT2D eigenvalue weighted by Gasteiger charge is -2.27. The van der Waals surface area contributed by atoms with E-state index in [0.717, 1.165) is 30.6 Å². The SMILES string of the molecule is CCCn1nc(-c2cocn2)c2c1CCN(C(=O)c1ccn(C)n1)C2. The lowest BCUT2D eigenvalue weighted by Crippen LogP contribution is -2.36. The predicted octanol–water partition coefficient (Wildman–Crippen LogP) is 1.88. The molecule has 1 amide bonds. The fraction of sp³-hybridized carbons (Fsp3) is 0.412. The van der Waals surface area contributed by atoms with Gasteiger partial charge in [-0.1, -0.05) is 6.92 Å². The molecule has 0 fully saturated rings. The maximum absolute atomic E-state index is 12.7. The van der Waals surface area contributed by atoms with Crippen molar-refractivity contribution in [2.45, 2.75) is 32.9 Å². The number of hydrogen-bond acceptors (Lipinski definition) is 5. The summed E-state index contributed by atoms with van der Waals surface area (Å²) >= 11 is 0. The van der Waals surface area contributed by atoms with Crippen LogP contribution in [0.15, 0.2) is 29.3 Å². The normalized spacial score (nSPS) is 13.9. The number of hydrogen-bond donors (Lipinski definition) is 0. The minimum atomic E-state index is -0.0550. The second-order valence-electron chi connectivity index (χ2n) is 6.22. The summed E-state index contributed by atoms with van der Waals surface area (Å²) in [5.41, 5.74) is 4.21. The van der Waals surface area contributed by atoms with Gasteiger partial charge in [0.15, 0.2) is 6.39 Å². The minimum absolute atomic E-state index is 0.0550. The van der Waals surface area contributed by atoms with Gasteiger partial charge in [-0.05, 0) is 12.5 Å². The summed E-state index contributed by atoms with van der Waals surface area (Å²) in [4.78, 5) is 18.8. The van der Waals surface area contributed by atoms with Gasteiger partial charge in [-0.2, -0.15) is 10.2 Å². The van der Waals surface area contributed by atoms with Gasteiger partial charge in [0, 0.05) is 44.0 Å². The molecule has 1 aliphatic rings. The molecule has 0 radical (unpaired) electrons. The van der Waals surface area contributed by atoms with E-state index in [1.165, 1.54) is 12.1 Å². The number of amides is 1. The van der Waals surface area contributed by atoms with Crippen LogP contribution in [0.3, 0.4) is 0 Å². The van der Waals surface area contributed by atoms with Crippen LogP contribution in [-0.4, -0.2) is 41.9 Å². The lowest BCUT2D eigenvalue weighted by atomic mass is 10.0. The van der Waals surface area contributed by atoms with Crippen LogP contribution in [0.25, 0.3) is 11.4 Å². The summed E-state index contributed by atoms with van der Waals surface area (Å²) in [7, 11) is 1.81. The maximum atomic E-state index is 12.7. The van der Waals surface area contributed by atoms with Crippen LogP contribution in [0, 0.1) is 0 Å². The Kier molecular flexibility index (Phi) is 3.87. The first-order chi connectivity index (χ1) is 12.2. The highest BCUT2D eigenvalue weighted by Crippen LogP contribution is 2.30. The molecule has 3 aromatic heterocycles. The van der Waals surface area contributed by atoms with E-state index >= 15 is 0 Å². The number of aromatic nitrogens is 5. The predicted molar refractivity (Wildman–Crippen MR) is 89.7 cm³/mol. The van der Waals surface area contributed by atoms with Crippen molar-refractivity contribution in [1.82, 2.24) is 29.4 Å². The Morgan fingerprint density at radius 2 is 2.24 bits per heavy atom. The van der Waals surface area contributed by atoms with Crippen molar-refractivity contribution in [3.63, 3.8) is 0 Å². The number of carbonyl (C=O) groups is 1. The van der Waals surface area contributed by atoms with Crippen LogP contribution >= 0.6 is 0 Å². The third kappa shape index (κ3) is 2.73. The van der Waals surface area contributed by atoms with Gasteiger partial charge in [0.2, 0.25) is 0 Å². The zero-order chi connectivity index (χ0) is 17.4. The summed E-state index contributed by atoms with van der Waals surface area (Å²) in [6, 6.07) is 1.75. The fourth-order valence-corrected chi connectivity index (χ4v) is 3.29. The average molecular weight is 340 g/mol. The molecule has 8 heteroatoms. The smallest absolute Gasteiger partial charge is 0.274 e. The van der Waals surface area contributed by atoms with Gasteiger partial charge in [0.05, 0.1) is 6.54 Å². The number of fused-ring (bicyclic) bond motifs is 1. The van der Waals surface area contributed by atoms with Crippen LogP contribution in [0.4, 0.5) is 0 Å². The zero-order valence-corrected chi connectivity index (χ0v) is 14.3. The topological polar surface area (TPSA) is 82.0 Å². The monoisotopic (exact) mass is 340 g/mol. The van der Waals surface area contributed by atoms with Gasteiger partial charge in [-0.15, -0.1) is 0 Å². The molecule has 4 heterocycles. The van der Waals surface area contributed by atoms with Gasteiger partial charge in [-0.3, -0.25) is 14.2 Å². The van der Waals surface area contributed by atoms with Gasteiger partial charge >= 0.3 is 0 Å². The van der Waals surface area contributed by atoms with E-state index in [4.69, 9.17) is 9.52 Å². The van der Waals surface area contributed by atoms with Gasteiger partial charge in [-0.25, -0.2) is 4.98 Å². The van der Waals surface area contributed by atoms with Crippen molar-refractivity contribution in [2.24, 2.45) is 7.05 Å². The second-order valence-corrected chi connectivity index (χ2v) is 6.22. The van der Waals surface area contributed by atoms with Crippen LogP contribution in [-0.2, 0) is 26.6 Å².